The Balaban J connectivity index is 3.66. The minimum absolute atomic E-state index is 0.130. The number of alkyl halides is 1. The summed E-state index contributed by atoms with van der Waals surface area (Å²) in [4.78, 5) is 0. The van der Waals surface area contributed by atoms with Gasteiger partial charge in [-0.3, -0.25) is 0 Å². The highest BCUT2D eigenvalue weighted by Crippen LogP contribution is 2.03. The molecule has 0 aliphatic rings. The van der Waals surface area contributed by atoms with Crippen molar-refractivity contribution in [2.75, 3.05) is 19.1 Å². The van der Waals surface area contributed by atoms with E-state index in [9.17, 15) is 5.11 Å². The molecule has 0 aliphatic heterocycles. The van der Waals surface area contributed by atoms with Gasteiger partial charge >= 0.3 is 0 Å². The predicted octanol–water partition coefficient (Wildman–Crippen LogP) is 0.985. The van der Waals surface area contributed by atoms with Crippen molar-refractivity contribution >= 4 is 11.6 Å². The van der Waals surface area contributed by atoms with E-state index in [1.54, 1.807) is 0 Å². The SMILES string of the molecule is CCOC(OCC)[C@H](O)CCl. The Morgan fingerprint density at radius 3 is 2.00 bits per heavy atom. The number of hydrogen-bond donors (Lipinski definition) is 1. The summed E-state index contributed by atoms with van der Waals surface area (Å²) in [6.07, 6.45) is -1.32. The van der Waals surface area contributed by atoms with E-state index in [4.69, 9.17) is 21.1 Å². The number of halogens is 1. The second kappa shape index (κ2) is 6.85. The van der Waals surface area contributed by atoms with E-state index in [-0.39, 0.29) is 5.88 Å². The first-order valence-corrected chi connectivity index (χ1v) is 4.26. The van der Waals surface area contributed by atoms with Crippen molar-refractivity contribution in [1.29, 1.82) is 0 Å². The second-order valence-electron chi connectivity index (χ2n) is 2.00. The minimum Gasteiger partial charge on any atom is -0.387 e. The van der Waals surface area contributed by atoms with Gasteiger partial charge in [0.1, 0.15) is 6.10 Å². The Labute approximate surface area is 72.3 Å². The summed E-state index contributed by atoms with van der Waals surface area (Å²) >= 11 is 5.41. The molecule has 0 aliphatic carbocycles. The highest BCUT2D eigenvalue weighted by Gasteiger charge is 2.17. The molecule has 0 saturated heterocycles. The molecule has 11 heavy (non-hydrogen) atoms. The van der Waals surface area contributed by atoms with E-state index in [1.807, 2.05) is 13.8 Å². The molecule has 0 spiro atoms. The lowest BCUT2D eigenvalue weighted by molar-refractivity contribution is -0.183. The molecule has 0 heterocycles. The van der Waals surface area contributed by atoms with Gasteiger partial charge in [0.25, 0.3) is 0 Å². The van der Waals surface area contributed by atoms with Crippen molar-refractivity contribution < 1.29 is 14.6 Å². The van der Waals surface area contributed by atoms with Crippen LogP contribution < -0.4 is 0 Å². The van der Waals surface area contributed by atoms with E-state index in [2.05, 4.69) is 0 Å². The Morgan fingerprint density at radius 2 is 1.73 bits per heavy atom. The fourth-order valence-electron chi connectivity index (χ4n) is 0.672. The number of aliphatic hydroxyl groups excluding tert-OH is 1. The fraction of sp³-hybridized carbons (Fsp3) is 1.00. The number of aliphatic hydroxyl groups is 1. The average molecular weight is 183 g/mol. The fourth-order valence-corrected chi connectivity index (χ4v) is 0.817. The van der Waals surface area contributed by atoms with Gasteiger partial charge in [-0.15, -0.1) is 11.6 Å². The maximum Gasteiger partial charge on any atom is 0.184 e. The quantitative estimate of drug-likeness (QED) is 0.492. The highest BCUT2D eigenvalue weighted by atomic mass is 35.5. The first-order valence-electron chi connectivity index (χ1n) is 3.73. The molecule has 1 N–H and O–H groups in total. The van der Waals surface area contributed by atoms with Crippen molar-refractivity contribution in [3.8, 4) is 0 Å². The van der Waals surface area contributed by atoms with E-state index < -0.39 is 12.4 Å². The van der Waals surface area contributed by atoms with Crippen molar-refractivity contribution in [3.63, 3.8) is 0 Å². The van der Waals surface area contributed by atoms with Gasteiger partial charge in [-0.2, -0.15) is 0 Å². The van der Waals surface area contributed by atoms with E-state index in [1.165, 1.54) is 0 Å². The van der Waals surface area contributed by atoms with Crippen LogP contribution in [0.1, 0.15) is 13.8 Å². The molecular weight excluding hydrogens is 168 g/mol. The monoisotopic (exact) mass is 182 g/mol. The molecule has 0 saturated carbocycles. The van der Waals surface area contributed by atoms with Crippen LogP contribution in [-0.2, 0) is 9.47 Å². The Bertz CT molecular complexity index is 83.8. The number of ether oxygens (including phenoxy) is 2. The Hall–Kier alpha value is 0.170. The lowest BCUT2D eigenvalue weighted by atomic mass is 10.4. The standard InChI is InChI=1S/C7H15ClO3/c1-3-10-7(11-4-2)6(9)5-8/h6-7,9H,3-5H2,1-2H3/t6-/m1/s1. The van der Waals surface area contributed by atoms with Gasteiger partial charge < -0.3 is 14.6 Å². The molecule has 0 amide bonds. The van der Waals surface area contributed by atoms with Gasteiger partial charge in [0, 0.05) is 13.2 Å². The zero-order chi connectivity index (χ0) is 8.69. The van der Waals surface area contributed by atoms with Crippen molar-refractivity contribution in [2.45, 2.75) is 26.2 Å². The summed E-state index contributed by atoms with van der Waals surface area (Å²) in [5, 5.41) is 9.20. The summed E-state index contributed by atoms with van der Waals surface area (Å²) in [6, 6.07) is 0. The molecule has 68 valence electrons. The molecular formula is C7H15ClO3. The summed E-state index contributed by atoms with van der Waals surface area (Å²) in [7, 11) is 0. The Kier molecular flexibility index (Phi) is 6.96. The zero-order valence-electron chi connectivity index (χ0n) is 6.92. The largest absolute Gasteiger partial charge is 0.387 e. The third-order valence-electron chi connectivity index (χ3n) is 1.13. The third kappa shape index (κ3) is 4.58. The van der Waals surface area contributed by atoms with Crippen LogP contribution in [0.5, 0.6) is 0 Å². The zero-order valence-corrected chi connectivity index (χ0v) is 7.67. The van der Waals surface area contributed by atoms with Crippen molar-refractivity contribution in [3.05, 3.63) is 0 Å². The molecule has 1 atom stereocenters. The first-order chi connectivity index (χ1) is 5.26. The maximum atomic E-state index is 9.20. The lowest BCUT2D eigenvalue weighted by Crippen LogP contribution is -2.33. The molecule has 0 aromatic carbocycles. The number of hydrogen-bond acceptors (Lipinski definition) is 3. The van der Waals surface area contributed by atoms with Crippen LogP contribution in [0.2, 0.25) is 0 Å². The normalized spacial score (nSPS) is 13.9. The van der Waals surface area contributed by atoms with Gasteiger partial charge in [-0.1, -0.05) is 0 Å². The smallest absolute Gasteiger partial charge is 0.184 e. The van der Waals surface area contributed by atoms with Crippen molar-refractivity contribution in [1.82, 2.24) is 0 Å². The van der Waals surface area contributed by atoms with E-state index >= 15 is 0 Å². The third-order valence-corrected chi connectivity index (χ3v) is 1.45. The molecule has 0 aromatic heterocycles. The van der Waals surface area contributed by atoms with Crippen LogP contribution in [0.25, 0.3) is 0 Å². The highest BCUT2D eigenvalue weighted by molar-refractivity contribution is 6.18. The molecule has 0 aromatic rings. The van der Waals surface area contributed by atoms with Crippen LogP contribution in [0.3, 0.4) is 0 Å². The van der Waals surface area contributed by atoms with Crippen LogP contribution in [-0.4, -0.2) is 36.6 Å². The summed E-state index contributed by atoms with van der Waals surface area (Å²) < 4.78 is 10.2. The summed E-state index contributed by atoms with van der Waals surface area (Å²) in [5.74, 6) is 0.130. The second-order valence-corrected chi connectivity index (χ2v) is 2.31. The van der Waals surface area contributed by atoms with E-state index in [0.717, 1.165) is 0 Å². The van der Waals surface area contributed by atoms with E-state index in [0.29, 0.717) is 13.2 Å². The maximum absolute atomic E-state index is 9.20. The van der Waals surface area contributed by atoms with Crippen molar-refractivity contribution in [2.24, 2.45) is 0 Å². The van der Waals surface area contributed by atoms with Crippen LogP contribution in [0.15, 0.2) is 0 Å². The summed E-state index contributed by atoms with van der Waals surface area (Å²) in [6.45, 7) is 4.71. The first kappa shape index (κ1) is 11.2. The lowest BCUT2D eigenvalue weighted by Gasteiger charge is -2.20. The van der Waals surface area contributed by atoms with Gasteiger partial charge in [-0.05, 0) is 13.8 Å². The predicted molar refractivity (Wildman–Crippen MR) is 43.8 cm³/mol. The minimum atomic E-state index is -0.739. The molecule has 3 nitrogen and oxygen atoms in total. The van der Waals surface area contributed by atoms with Gasteiger partial charge in [0.05, 0.1) is 5.88 Å². The molecule has 0 rings (SSSR count). The molecule has 0 bridgehead atoms. The van der Waals surface area contributed by atoms with Gasteiger partial charge in [-0.25, -0.2) is 0 Å². The van der Waals surface area contributed by atoms with Crippen LogP contribution in [0.4, 0.5) is 0 Å². The van der Waals surface area contributed by atoms with Gasteiger partial charge in [0.15, 0.2) is 6.29 Å². The molecule has 0 unspecified atom stereocenters. The topological polar surface area (TPSA) is 38.7 Å². The van der Waals surface area contributed by atoms with Crippen LogP contribution in [0, 0.1) is 0 Å². The number of rotatable bonds is 6. The van der Waals surface area contributed by atoms with Crippen LogP contribution >= 0.6 is 11.6 Å². The average Bonchev–Trinajstić information content (AvgIpc) is 2.03. The van der Waals surface area contributed by atoms with Gasteiger partial charge in [0.2, 0.25) is 0 Å². The molecule has 0 radical (unpaired) electrons. The molecule has 4 heteroatoms. The molecule has 0 fully saturated rings. The summed E-state index contributed by atoms with van der Waals surface area (Å²) in [5.41, 5.74) is 0. The Morgan fingerprint density at radius 1 is 1.27 bits per heavy atom.